The van der Waals surface area contributed by atoms with Crippen molar-refractivity contribution in [3.63, 3.8) is 0 Å². The van der Waals surface area contributed by atoms with Crippen molar-refractivity contribution in [3.8, 4) is 0 Å². The minimum absolute atomic E-state index is 0.399. The van der Waals surface area contributed by atoms with Crippen molar-refractivity contribution in [1.29, 1.82) is 0 Å². The van der Waals surface area contributed by atoms with Crippen molar-refractivity contribution in [2.45, 2.75) is 52.6 Å². The summed E-state index contributed by atoms with van der Waals surface area (Å²) >= 11 is 0. The van der Waals surface area contributed by atoms with Gasteiger partial charge in [0.05, 0.1) is 6.10 Å². The van der Waals surface area contributed by atoms with Gasteiger partial charge in [0, 0.05) is 19.8 Å². The lowest BCUT2D eigenvalue weighted by atomic mass is 10.3. The van der Waals surface area contributed by atoms with Gasteiger partial charge in [-0.25, -0.2) is 0 Å². The van der Waals surface area contributed by atoms with Crippen LogP contribution in [-0.4, -0.2) is 25.9 Å². The lowest BCUT2D eigenvalue weighted by Crippen LogP contribution is -2.09. The number of ether oxygens (including phenoxy) is 2. The minimum atomic E-state index is 0.399. The van der Waals surface area contributed by atoms with E-state index >= 15 is 0 Å². The van der Waals surface area contributed by atoms with Gasteiger partial charge in [0.1, 0.15) is 0 Å². The summed E-state index contributed by atoms with van der Waals surface area (Å²) in [7, 11) is 0. The van der Waals surface area contributed by atoms with E-state index in [1.54, 1.807) is 0 Å². The van der Waals surface area contributed by atoms with Gasteiger partial charge in [0.15, 0.2) is 0 Å². The fraction of sp³-hybridized carbons (Fsp3) is 1.00. The SMILES string of the molecule is CCCCOCCCOC(C)CC. The van der Waals surface area contributed by atoms with Gasteiger partial charge in [-0.05, 0) is 26.2 Å². The first kappa shape index (κ1) is 12.9. The second kappa shape index (κ2) is 10.0. The van der Waals surface area contributed by atoms with E-state index in [2.05, 4.69) is 20.8 Å². The molecule has 0 spiro atoms. The van der Waals surface area contributed by atoms with Crippen LogP contribution in [-0.2, 0) is 9.47 Å². The zero-order chi connectivity index (χ0) is 9.94. The summed E-state index contributed by atoms with van der Waals surface area (Å²) in [5.41, 5.74) is 0. The van der Waals surface area contributed by atoms with Gasteiger partial charge in [-0.15, -0.1) is 0 Å². The molecule has 0 saturated carbocycles. The van der Waals surface area contributed by atoms with Crippen LogP contribution in [0, 0.1) is 0 Å². The number of unbranched alkanes of at least 4 members (excludes halogenated alkanes) is 1. The standard InChI is InChI=1S/C11H24O2/c1-4-6-8-12-9-7-10-13-11(3)5-2/h11H,4-10H2,1-3H3. The Kier molecular flexibility index (Phi) is 9.94. The molecule has 0 N–H and O–H groups in total. The molecule has 0 amide bonds. The van der Waals surface area contributed by atoms with Crippen molar-refractivity contribution < 1.29 is 9.47 Å². The van der Waals surface area contributed by atoms with Crippen molar-refractivity contribution in [2.75, 3.05) is 19.8 Å². The summed E-state index contributed by atoms with van der Waals surface area (Å²) in [5.74, 6) is 0. The van der Waals surface area contributed by atoms with Gasteiger partial charge in [0.2, 0.25) is 0 Å². The van der Waals surface area contributed by atoms with Crippen molar-refractivity contribution in [1.82, 2.24) is 0 Å². The normalized spacial score (nSPS) is 13.2. The molecular formula is C11H24O2. The highest BCUT2D eigenvalue weighted by atomic mass is 16.5. The quantitative estimate of drug-likeness (QED) is 0.518. The molecule has 0 saturated heterocycles. The summed E-state index contributed by atoms with van der Waals surface area (Å²) in [6.07, 6.45) is 4.90. The summed E-state index contributed by atoms with van der Waals surface area (Å²) in [6, 6.07) is 0. The predicted octanol–water partition coefficient (Wildman–Crippen LogP) is 3.01. The third-order valence-corrected chi connectivity index (χ3v) is 2.05. The highest BCUT2D eigenvalue weighted by Gasteiger charge is 1.96. The molecule has 0 aromatic rings. The Labute approximate surface area is 82.6 Å². The predicted molar refractivity (Wildman–Crippen MR) is 56.0 cm³/mol. The zero-order valence-corrected chi connectivity index (χ0v) is 9.34. The van der Waals surface area contributed by atoms with Crippen LogP contribution >= 0.6 is 0 Å². The molecular weight excluding hydrogens is 164 g/mol. The molecule has 2 heteroatoms. The molecule has 0 radical (unpaired) electrons. The van der Waals surface area contributed by atoms with E-state index in [9.17, 15) is 0 Å². The van der Waals surface area contributed by atoms with Crippen LogP contribution in [0.3, 0.4) is 0 Å². The molecule has 0 aliphatic rings. The molecule has 0 aromatic carbocycles. The van der Waals surface area contributed by atoms with Crippen LogP contribution in [0.25, 0.3) is 0 Å². The minimum Gasteiger partial charge on any atom is -0.381 e. The molecule has 0 aliphatic carbocycles. The van der Waals surface area contributed by atoms with Gasteiger partial charge >= 0.3 is 0 Å². The zero-order valence-electron chi connectivity index (χ0n) is 9.34. The van der Waals surface area contributed by atoms with Crippen LogP contribution in [0.1, 0.15) is 46.5 Å². The fourth-order valence-corrected chi connectivity index (χ4v) is 0.912. The maximum absolute atomic E-state index is 5.52. The first-order valence-corrected chi connectivity index (χ1v) is 5.50. The van der Waals surface area contributed by atoms with Crippen LogP contribution in [0.15, 0.2) is 0 Å². The molecule has 2 nitrogen and oxygen atoms in total. The topological polar surface area (TPSA) is 18.5 Å². The molecule has 13 heavy (non-hydrogen) atoms. The third kappa shape index (κ3) is 9.84. The van der Waals surface area contributed by atoms with E-state index in [1.165, 1.54) is 12.8 Å². The molecule has 0 aromatic heterocycles. The molecule has 0 aliphatic heterocycles. The van der Waals surface area contributed by atoms with Gasteiger partial charge < -0.3 is 9.47 Å². The molecule has 80 valence electrons. The Hall–Kier alpha value is -0.0800. The smallest absolute Gasteiger partial charge is 0.0544 e. The van der Waals surface area contributed by atoms with Crippen molar-refractivity contribution in [3.05, 3.63) is 0 Å². The summed E-state index contributed by atoms with van der Waals surface area (Å²) < 4.78 is 10.9. The van der Waals surface area contributed by atoms with Crippen molar-refractivity contribution >= 4 is 0 Å². The molecule has 0 heterocycles. The van der Waals surface area contributed by atoms with Gasteiger partial charge in [-0.3, -0.25) is 0 Å². The lowest BCUT2D eigenvalue weighted by molar-refractivity contribution is 0.0405. The highest BCUT2D eigenvalue weighted by molar-refractivity contribution is 4.44. The van der Waals surface area contributed by atoms with E-state index in [0.29, 0.717) is 6.10 Å². The molecule has 0 rings (SSSR count). The second-order valence-electron chi connectivity index (χ2n) is 3.41. The van der Waals surface area contributed by atoms with E-state index in [4.69, 9.17) is 9.47 Å². The van der Waals surface area contributed by atoms with E-state index in [-0.39, 0.29) is 0 Å². The molecule has 1 unspecified atom stereocenters. The first-order chi connectivity index (χ1) is 6.31. The summed E-state index contributed by atoms with van der Waals surface area (Å²) in [5, 5.41) is 0. The van der Waals surface area contributed by atoms with Gasteiger partial charge in [-0.2, -0.15) is 0 Å². The van der Waals surface area contributed by atoms with E-state index in [1.807, 2.05) is 0 Å². The van der Waals surface area contributed by atoms with Crippen molar-refractivity contribution in [2.24, 2.45) is 0 Å². The summed E-state index contributed by atoms with van der Waals surface area (Å²) in [4.78, 5) is 0. The molecule has 1 atom stereocenters. The fourth-order valence-electron chi connectivity index (χ4n) is 0.912. The number of rotatable bonds is 9. The number of hydrogen-bond acceptors (Lipinski definition) is 2. The Morgan fingerprint density at radius 3 is 2.31 bits per heavy atom. The maximum atomic E-state index is 5.52. The van der Waals surface area contributed by atoms with E-state index < -0.39 is 0 Å². The lowest BCUT2D eigenvalue weighted by Gasteiger charge is -2.10. The average molecular weight is 188 g/mol. The van der Waals surface area contributed by atoms with Crippen LogP contribution < -0.4 is 0 Å². The molecule has 0 fully saturated rings. The number of hydrogen-bond donors (Lipinski definition) is 0. The van der Waals surface area contributed by atoms with E-state index in [0.717, 1.165) is 32.7 Å². The highest BCUT2D eigenvalue weighted by Crippen LogP contribution is 1.97. The van der Waals surface area contributed by atoms with Crippen LogP contribution in [0.5, 0.6) is 0 Å². The Morgan fingerprint density at radius 2 is 1.69 bits per heavy atom. The average Bonchev–Trinajstić information content (AvgIpc) is 2.16. The Bertz CT molecular complexity index is 94.1. The molecule has 0 bridgehead atoms. The monoisotopic (exact) mass is 188 g/mol. The van der Waals surface area contributed by atoms with Gasteiger partial charge in [-0.1, -0.05) is 20.3 Å². The Balaban J connectivity index is 2.91. The maximum Gasteiger partial charge on any atom is 0.0544 e. The summed E-state index contributed by atoms with van der Waals surface area (Å²) in [6.45, 7) is 9.01. The largest absolute Gasteiger partial charge is 0.381 e. The second-order valence-corrected chi connectivity index (χ2v) is 3.41. The Morgan fingerprint density at radius 1 is 1.00 bits per heavy atom. The van der Waals surface area contributed by atoms with Crippen LogP contribution in [0.4, 0.5) is 0 Å². The first-order valence-electron chi connectivity index (χ1n) is 5.50. The van der Waals surface area contributed by atoms with Gasteiger partial charge in [0.25, 0.3) is 0 Å². The third-order valence-electron chi connectivity index (χ3n) is 2.05. The van der Waals surface area contributed by atoms with Crippen LogP contribution in [0.2, 0.25) is 0 Å².